The maximum absolute atomic E-state index is 13.5. The minimum Gasteiger partial charge on any atom is -0.475 e. The van der Waals surface area contributed by atoms with E-state index in [-0.39, 0.29) is 15.9 Å². The highest BCUT2D eigenvalue weighted by Gasteiger charge is 2.17. The number of carboxylic acid groups (broad SMARTS) is 1. The third kappa shape index (κ3) is 3.14. The molecule has 1 unspecified atom stereocenters. The Morgan fingerprint density at radius 2 is 2.05 bits per heavy atom. The molecule has 0 aliphatic rings. The molecule has 0 spiro atoms. The molecule has 0 amide bonds. The number of carbonyl (C=O) groups is 1. The van der Waals surface area contributed by atoms with Gasteiger partial charge in [-0.2, -0.15) is 0 Å². The lowest BCUT2D eigenvalue weighted by Gasteiger charge is -2.09. The highest BCUT2D eigenvalue weighted by Crippen LogP contribution is 2.36. The van der Waals surface area contributed by atoms with E-state index in [1.54, 1.807) is 6.92 Å². The normalized spacial score (nSPS) is 12.4. The summed E-state index contributed by atoms with van der Waals surface area (Å²) in [7, 11) is 0. The lowest BCUT2D eigenvalue weighted by Crippen LogP contribution is -1.93. The predicted octanol–water partition coefficient (Wildman–Crippen LogP) is 4.11. The molecule has 1 aromatic heterocycles. The number of halogens is 2. The summed E-state index contributed by atoms with van der Waals surface area (Å²) >= 11 is 1.13. The molecule has 1 heterocycles. The van der Waals surface area contributed by atoms with E-state index in [0.29, 0.717) is 5.76 Å². The number of rotatable bonds is 4. The molecule has 0 aliphatic heterocycles. The zero-order valence-electron chi connectivity index (χ0n) is 9.89. The van der Waals surface area contributed by atoms with Gasteiger partial charge in [0.05, 0.1) is 5.25 Å². The Morgan fingerprint density at radius 3 is 2.63 bits per heavy atom. The van der Waals surface area contributed by atoms with Crippen LogP contribution in [0, 0.1) is 11.6 Å². The third-order valence-electron chi connectivity index (χ3n) is 2.44. The summed E-state index contributed by atoms with van der Waals surface area (Å²) in [6.07, 6.45) is 0. The van der Waals surface area contributed by atoms with Gasteiger partial charge in [-0.05, 0) is 31.2 Å². The molecule has 2 aromatic rings. The van der Waals surface area contributed by atoms with Gasteiger partial charge in [-0.1, -0.05) is 0 Å². The van der Waals surface area contributed by atoms with Gasteiger partial charge < -0.3 is 9.52 Å². The fourth-order valence-electron chi connectivity index (χ4n) is 1.51. The van der Waals surface area contributed by atoms with E-state index in [9.17, 15) is 13.6 Å². The standard InChI is InChI=1S/C13H10F2O3S/c1-7(10-3-4-11(18-10)13(16)17)19-12-5-2-8(14)6-9(12)15/h2-7H,1H3,(H,16,17). The smallest absolute Gasteiger partial charge is 0.371 e. The van der Waals surface area contributed by atoms with Gasteiger partial charge in [0, 0.05) is 11.0 Å². The number of hydrogen-bond acceptors (Lipinski definition) is 3. The zero-order chi connectivity index (χ0) is 14.0. The SMILES string of the molecule is CC(Sc1ccc(F)cc1F)c1ccc(C(=O)O)o1. The second-order valence-corrected chi connectivity index (χ2v) is 5.22. The van der Waals surface area contributed by atoms with Crippen molar-refractivity contribution in [1.29, 1.82) is 0 Å². The van der Waals surface area contributed by atoms with Crippen molar-refractivity contribution in [3.63, 3.8) is 0 Å². The second kappa shape index (κ2) is 5.44. The molecule has 0 saturated carbocycles. The highest BCUT2D eigenvalue weighted by molar-refractivity contribution is 7.99. The Labute approximate surface area is 112 Å². The molecular formula is C13H10F2O3S. The molecule has 3 nitrogen and oxygen atoms in total. The van der Waals surface area contributed by atoms with Crippen LogP contribution < -0.4 is 0 Å². The van der Waals surface area contributed by atoms with E-state index in [1.807, 2.05) is 0 Å². The number of thioether (sulfide) groups is 1. The third-order valence-corrected chi connectivity index (χ3v) is 3.61. The number of furan rings is 1. The number of aromatic carboxylic acids is 1. The van der Waals surface area contributed by atoms with E-state index >= 15 is 0 Å². The summed E-state index contributed by atoms with van der Waals surface area (Å²) < 4.78 is 31.4. The van der Waals surface area contributed by atoms with Crippen LogP contribution in [0.5, 0.6) is 0 Å². The van der Waals surface area contributed by atoms with Crippen LogP contribution in [0.3, 0.4) is 0 Å². The maximum atomic E-state index is 13.5. The summed E-state index contributed by atoms with van der Waals surface area (Å²) in [6, 6.07) is 6.19. The molecule has 100 valence electrons. The fraction of sp³-hybridized carbons (Fsp3) is 0.154. The minimum absolute atomic E-state index is 0.165. The van der Waals surface area contributed by atoms with Crippen LogP contribution in [0.2, 0.25) is 0 Å². The number of benzene rings is 1. The first kappa shape index (κ1) is 13.6. The second-order valence-electron chi connectivity index (χ2n) is 3.84. The molecule has 0 bridgehead atoms. The van der Waals surface area contributed by atoms with E-state index < -0.39 is 17.6 Å². The zero-order valence-corrected chi connectivity index (χ0v) is 10.7. The van der Waals surface area contributed by atoms with Gasteiger partial charge in [0.15, 0.2) is 0 Å². The first-order valence-electron chi connectivity index (χ1n) is 5.42. The average molecular weight is 284 g/mol. The quantitative estimate of drug-likeness (QED) is 0.858. The molecule has 6 heteroatoms. The van der Waals surface area contributed by atoms with Crippen LogP contribution >= 0.6 is 11.8 Å². The number of hydrogen-bond donors (Lipinski definition) is 1. The van der Waals surface area contributed by atoms with Gasteiger partial charge >= 0.3 is 5.97 Å². The lowest BCUT2D eigenvalue weighted by atomic mass is 10.3. The van der Waals surface area contributed by atoms with Crippen molar-refractivity contribution in [1.82, 2.24) is 0 Å². The summed E-state index contributed by atoms with van der Waals surface area (Å²) in [6.45, 7) is 1.75. The molecule has 19 heavy (non-hydrogen) atoms. The van der Waals surface area contributed by atoms with Crippen LogP contribution in [0.1, 0.15) is 28.5 Å². The van der Waals surface area contributed by atoms with Gasteiger partial charge in [-0.15, -0.1) is 11.8 Å². The van der Waals surface area contributed by atoms with Crippen LogP contribution in [0.25, 0.3) is 0 Å². The van der Waals surface area contributed by atoms with Gasteiger partial charge in [-0.3, -0.25) is 0 Å². The van der Waals surface area contributed by atoms with Crippen molar-refractivity contribution >= 4 is 17.7 Å². The first-order valence-corrected chi connectivity index (χ1v) is 6.30. The summed E-state index contributed by atoms with van der Waals surface area (Å²) in [5, 5.41) is 8.46. The molecular weight excluding hydrogens is 274 g/mol. The topological polar surface area (TPSA) is 50.4 Å². The van der Waals surface area contributed by atoms with Gasteiger partial charge in [-0.25, -0.2) is 13.6 Å². The van der Waals surface area contributed by atoms with E-state index in [2.05, 4.69) is 0 Å². The minimum atomic E-state index is -1.16. The van der Waals surface area contributed by atoms with Crippen molar-refractivity contribution in [2.24, 2.45) is 0 Å². The Hall–Kier alpha value is -1.82. The molecule has 1 atom stereocenters. The molecule has 0 aliphatic carbocycles. The maximum Gasteiger partial charge on any atom is 0.371 e. The van der Waals surface area contributed by atoms with Crippen LogP contribution in [-0.4, -0.2) is 11.1 Å². The van der Waals surface area contributed by atoms with E-state index in [0.717, 1.165) is 17.8 Å². The highest BCUT2D eigenvalue weighted by atomic mass is 32.2. The molecule has 1 aromatic carbocycles. The Balaban J connectivity index is 2.15. The summed E-state index contributed by atoms with van der Waals surface area (Å²) in [5.74, 6) is -2.19. The molecule has 0 radical (unpaired) electrons. The van der Waals surface area contributed by atoms with Crippen molar-refractivity contribution in [2.45, 2.75) is 17.1 Å². The van der Waals surface area contributed by atoms with Gasteiger partial charge in [0.25, 0.3) is 0 Å². The Morgan fingerprint density at radius 1 is 1.32 bits per heavy atom. The lowest BCUT2D eigenvalue weighted by molar-refractivity contribution is 0.0660. The van der Waals surface area contributed by atoms with E-state index in [4.69, 9.17) is 9.52 Å². The van der Waals surface area contributed by atoms with Gasteiger partial charge in [0.1, 0.15) is 17.4 Å². The molecule has 2 rings (SSSR count). The monoisotopic (exact) mass is 284 g/mol. The summed E-state index contributed by atoms with van der Waals surface area (Å²) in [5.41, 5.74) is 0. The van der Waals surface area contributed by atoms with Crippen molar-refractivity contribution in [3.05, 3.63) is 53.5 Å². The predicted molar refractivity (Wildman–Crippen MR) is 66.3 cm³/mol. The molecule has 1 N–H and O–H groups in total. The molecule has 0 fully saturated rings. The Kier molecular flexibility index (Phi) is 3.90. The molecule has 0 saturated heterocycles. The average Bonchev–Trinajstić information content (AvgIpc) is 2.82. The van der Waals surface area contributed by atoms with Crippen LogP contribution in [0.15, 0.2) is 39.6 Å². The Bertz CT molecular complexity index is 610. The van der Waals surface area contributed by atoms with E-state index in [1.165, 1.54) is 24.3 Å². The van der Waals surface area contributed by atoms with Crippen molar-refractivity contribution in [2.75, 3.05) is 0 Å². The van der Waals surface area contributed by atoms with Crippen molar-refractivity contribution < 1.29 is 23.1 Å². The van der Waals surface area contributed by atoms with Crippen LogP contribution in [-0.2, 0) is 0 Å². The summed E-state index contributed by atoms with van der Waals surface area (Å²) in [4.78, 5) is 11.0. The van der Waals surface area contributed by atoms with Gasteiger partial charge in [0.2, 0.25) is 5.76 Å². The van der Waals surface area contributed by atoms with Crippen LogP contribution in [0.4, 0.5) is 8.78 Å². The van der Waals surface area contributed by atoms with Crippen molar-refractivity contribution in [3.8, 4) is 0 Å². The first-order chi connectivity index (χ1) is 8.97. The fourth-order valence-corrected chi connectivity index (χ4v) is 2.45. The number of carboxylic acids is 1. The largest absolute Gasteiger partial charge is 0.475 e.